The topological polar surface area (TPSA) is 62.3 Å². The van der Waals surface area contributed by atoms with E-state index in [0.717, 1.165) is 68.3 Å². The summed E-state index contributed by atoms with van der Waals surface area (Å²) in [5, 5.41) is 1.22. The number of amides is 1. The molecule has 39 heavy (non-hydrogen) atoms. The molecule has 2 aliphatic heterocycles. The summed E-state index contributed by atoms with van der Waals surface area (Å²) in [6.07, 6.45) is 3.05. The van der Waals surface area contributed by atoms with Crippen molar-refractivity contribution >= 4 is 46.5 Å². The number of aryl methyl sites for hydroxylation is 1. The summed E-state index contributed by atoms with van der Waals surface area (Å²) < 4.78 is 11.9. The Hall–Kier alpha value is -2.52. The van der Waals surface area contributed by atoms with Crippen LogP contribution in [0.25, 0.3) is 0 Å². The van der Waals surface area contributed by atoms with Crippen LogP contribution in [0.2, 0.25) is 10.0 Å². The molecule has 2 heterocycles. The average molecular weight is 579 g/mol. The van der Waals surface area contributed by atoms with Gasteiger partial charge in [-0.15, -0.1) is 0 Å². The molecule has 1 fully saturated rings. The predicted octanol–water partition coefficient (Wildman–Crippen LogP) is 4.46. The van der Waals surface area contributed by atoms with Crippen LogP contribution in [0.4, 0.5) is 11.4 Å². The van der Waals surface area contributed by atoms with Gasteiger partial charge in [-0.25, -0.2) is 4.79 Å². The summed E-state index contributed by atoms with van der Waals surface area (Å²) in [5.41, 5.74) is 2.83. The highest BCUT2D eigenvalue weighted by atomic mass is 35.5. The predicted molar refractivity (Wildman–Crippen MR) is 156 cm³/mol. The minimum absolute atomic E-state index is 0.0459. The van der Waals surface area contributed by atoms with Crippen molar-refractivity contribution in [3.05, 3.63) is 52.0 Å². The van der Waals surface area contributed by atoms with Gasteiger partial charge in [-0.1, -0.05) is 35.3 Å². The highest BCUT2D eigenvalue weighted by Gasteiger charge is 2.27. The van der Waals surface area contributed by atoms with Crippen molar-refractivity contribution < 1.29 is 23.5 Å². The van der Waals surface area contributed by atoms with Crippen molar-refractivity contribution in [2.75, 3.05) is 83.5 Å². The van der Waals surface area contributed by atoms with Crippen molar-refractivity contribution in [2.45, 2.75) is 25.7 Å². The molecule has 0 unspecified atom stereocenters. The standard InChI is InChI=1S/C29H39Cl2N4O4/c1-35(2,3)20-28(37)39-21-34-26-19-23(11-9-22(26)10-12-27(34)36)38-18-5-4-13-32-14-16-33(17-15-32)25-8-6-7-24(30)29(25)31/h6-9,11,19H,4-5,10,12-18,20-21H2,1-3H3/q+1. The number of quaternary nitrogens is 1. The summed E-state index contributed by atoms with van der Waals surface area (Å²) in [6.45, 7) is 5.59. The van der Waals surface area contributed by atoms with Gasteiger partial charge >= 0.3 is 5.97 Å². The molecule has 0 bridgehead atoms. The third-order valence-corrected chi connectivity index (χ3v) is 7.81. The summed E-state index contributed by atoms with van der Waals surface area (Å²) in [5.74, 6) is 0.345. The normalized spacial score (nSPS) is 16.3. The second-order valence-electron chi connectivity index (χ2n) is 11.2. The van der Waals surface area contributed by atoms with Gasteiger partial charge in [-0.2, -0.15) is 0 Å². The number of esters is 1. The largest absolute Gasteiger partial charge is 0.494 e. The van der Waals surface area contributed by atoms with E-state index in [0.29, 0.717) is 34.0 Å². The van der Waals surface area contributed by atoms with E-state index in [1.54, 1.807) is 4.90 Å². The lowest BCUT2D eigenvalue weighted by molar-refractivity contribution is -0.862. The fraction of sp³-hybridized carbons (Fsp3) is 0.517. The van der Waals surface area contributed by atoms with Crippen LogP contribution in [0, 0.1) is 0 Å². The lowest BCUT2D eigenvalue weighted by Gasteiger charge is -2.36. The molecule has 4 rings (SSSR count). The van der Waals surface area contributed by atoms with Crippen LogP contribution in [0.5, 0.6) is 5.75 Å². The van der Waals surface area contributed by atoms with Gasteiger partial charge in [0.15, 0.2) is 13.3 Å². The Bertz CT molecular complexity index is 1160. The van der Waals surface area contributed by atoms with Gasteiger partial charge < -0.3 is 18.9 Å². The smallest absolute Gasteiger partial charge is 0.363 e. The number of likely N-dealkylation sites (N-methyl/N-ethyl adjacent to an activating group) is 1. The van der Waals surface area contributed by atoms with Crippen LogP contribution >= 0.6 is 23.2 Å². The number of hydrogen-bond donors (Lipinski definition) is 0. The quantitative estimate of drug-likeness (QED) is 0.223. The van der Waals surface area contributed by atoms with Crippen LogP contribution in [-0.2, 0) is 20.7 Å². The van der Waals surface area contributed by atoms with Crippen LogP contribution in [0.1, 0.15) is 24.8 Å². The molecule has 0 N–H and O–H groups in total. The van der Waals surface area contributed by atoms with Crippen molar-refractivity contribution in [3.8, 4) is 5.75 Å². The molecule has 0 aromatic heterocycles. The Morgan fingerprint density at radius 3 is 2.49 bits per heavy atom. The van der Waals surface area contributed by atoms with Crippen LogP contribution in [0.15, 0.2) is 36.4 Å². The summed E-state index contributed by atoms with van der Waals surface area (Å²) in [6, 6.07) is 11.6. The number of benzene rings is 2. The second-order valence-corrected chi connectivity index (χ2v) is 11.9. The number of carbonyl (C=O) groups excluding carboxylic acids is 2. The lowest BCUT2D eigenvalue weighted by atomic mass is 10.0. The van der Waals surface area contributed by atoms with Crippen LogP contribution < -0.4 is 14.5 Å². The van der Waals surface area contributed by atoms with Crippen LogP contribution in [0.3, 0.4) is 0 Å². The zero-order valence-electron chi connectivity index (χ0n) is 23.1. The summed E-state index contributed by atoms with van der Waals surface area (Å²) in [4.78, 5) is 31.1. The second kappa shape index (κ2) is 13.2. The van der Waals surface area contributed by atoms with E-state index in [4.69, 9.17) is 32.7 Å². The lowest BCUT2D eigenvalue weighted by Crippen LogP contribution is -2.46. The molecule has 2 aliphatic rings. The van der Waals surface area contributed by atoms with E-state index in [1.165, 1.54) is 0 Å². The zero-order chi connectivity index (χ0) is 28.0. The SMILES string of the molecule is C[N+](C)(C)CC(=O)OCN1C(=O)CCc2ccc(OCCCCN3CCN(c4cccc(Cl)c4Cl)CC3)cc21. The van der Waals surface area contributed by atoms with Crippen LogP contribution in [-0.4, -0.2) is 95.0 Å². The first kappa shape index (κ1) is 29.5. The van der Waals surface area contributed by atoms with Gasteiger partial charge in [-0.05, 0) is 49.6 Å². The molecule has 1 saturated heterocycles. The number of rotatable bonds is 11. The molecule has 212 valence electrons. The van der Waals surface area contributed by atoms with E-state index in [1.807, 2.05) is 57.5 Å². The Balaban J connectivity index is 1.20. The number of carbonyl (C=O) groups is 2. The van der Waals surface area contributed by atoms with Gasteiger partial charge in [0.05, 0.1) is 49.2 Å². The number of nitrogens with zero attached hydrogens (tertiary/aromatic N) is 4. The summed E-state index contributed by atoms with van der Waals surface area (Å²) in [7, 11) is 5.77. The van der Waals surface area contributed by atoms with E-state index in [9.17, 15) is 9.59 Å². The molecule has 10 heteroatoms. The van der Waals surface area contributed by atoms with E-state index in [-0.39, 0.29) is 25.2 Å². The van der Waals surface area contributed by atoms with Gasteiger partial charge in [0.2, 0.25) is 5.91 Å². The Labute approximate surface area is 241 Å². The number of fused-ring (bicyclic) bond motifs is 1. The Kier molecular flexibility index (Phi) is 9.99. The molecule has 0 aliphatic carbocycles. The number of ether oxygens (including phenoxy) is 2. The molecule has 0 atom stereocenters. The Morgan fingerprint density at radius 1 is 0.974 bits per heavy atom. The van der Waals surface area contributed by atoms with Gasteiger partial charge in [0.25, 0.3) is 0 Å². The van der Waals surface area contributed by atoms with Crippen molar-refractivity contribution in [3.63, 3.8) is 0 Å². The number of halogens is 2. The Morgan fingerprint density at radius 2 is 1.74 bits per heavy atom. The molecule has 8 nitrogen and oxygen atoms in total. The first-order valence-electron chi connectivity index (χ1n) is 13.5. The van der Waals surface area contributed by atoms with Crippen molar-refractivity contribution in [1.82, 2.24) is 4.90 Å². The summed E-state index contributed by atoms with van der Waals surface area (Å²) >= 11 is 12.6. The highest BCUT2D eigenvalue weighted by molar-refractivity contribution is 6.43. The molecule has 0 spiro atoms. The molecule has 0 saturated carbocycles. The average Bonchev–Trinajstić information content (AvgIpc) is 2.89. The molecule has 2 aromatic carbocycles. The maximum atomic E-state index is 12.6. The first-order valence-corrected chi connectivity index (χ1v) is 14.3. The molecular weight excluding hydrogens is 539 g/mol. The van der Waals surface area contributed by atoms with Crippen molar-refractivity contribution in [2.24, 2.45) is 0 Å². The van der Waals surface area contributed by atoms with Crippen molar-refractivity contribution in [1.29, 1.82) is 0 Å². The van der Waals surface area contributed by atoms with E-state index in [2.05, 4.69) is 9.80 Å². The first-order chi connectivity index (χ1) is 18.6. The van der Waals surface area contributed by atoms with Gasteiger partial charge in [-0.3, -0.25) is 14.6 Å². The molecule has 2 aromatic rings. The van der Waals surface area contributed by atoms with E-state index >= 15 is 0 Å². The molecular formula is C29H39Cl2N4O4+. The minimum Gasteiger partial charge on any atom is -0.494 e. The fourth-order valence-electron chi connectivity index (χ4n) is 4.89. The molecule has 1 amide bonds. The number of anilines is 2. The third kappa shape index (κ3) is 8.24. The fourth-order valence-corrected chi connectivity index (χ4v) is 5.31. The van der Waals surface area contributed by atoms with E-state index < -0.39 is 0 Å². The van der Waals surface area contributed by atoms with Gasteiger partial charge in [0, 0.05) is 38.7 Å². The number of piperazine rings is 1. The maximum Gasteiger partial charge on any atom is 0.363 e. The third-order valence-electron chi connectivity index (χ3n) is 7.00. The monoisotopic (exact) mass is 577 g/mol. The highest BCUT2D eigenvalue weighted by Crippen LogP contribution is 2.33. The minimum atomic E-state index is -0.329. The maximum absolute atomic E-state index is 12.6. The number of hydrogen-bond acceptors (Lipinski definition) is 6. The number of unbranched alkanes of at least 4 members (excludes halogenated alkanes) is 1. The zero-order valence-corrected chi connectivity index (χ0v) is 24.6. The van der Waals surface area contributed by atoms with Gasteiger partial charge in [0.1, 0.15) is 5.75 Å². The molecule has 0 radical (unpaired) electrons.